The molecule has 0 atom stereocenters. The molecule has 4 heteroatoms. The van der Waals surface area contributed by atoms with Gasteiger partial charge >= 0.3 is 0 Å². The van der Waals surface area contributed by atoms with Gasteiger partial charge in [-0.15, -0.1) is 0 Å². The van der Waals surface area contributed by atoms with Crippen LogP contribution in [0.1, 0.15) is 11.6 Å². The Labute approximate surface area is 87.3 Å². The number of nitrogens with zero attached hydrogens (tertiary/aromatic N) is 3. The van der Waals surface area contributed by atoms with Gasteiger partial charge in [0.15, 0.2) is 0 Å². The van der Waals surface area contributed by atoms with Gasteiger partial charge in [-0.25, -0.2) is 9.67 Å². The molecule has 1 aromatic heterocycles. The number of hydrogen-bond donors (Lipinski definition) is 0. The fourth-order valence-corrected chi connectivity index (χ4v) is 1.47. The Morgan fingerprint density at radius 1 is 1.14 bits per heavy atom. The van der Waals surface area contributed by atoms with Crippen molar-refractivity contribution in [1.82, 2.24) is 14.8 Å². The third-order valence-electron chi connectivity index (χ3n) is 1.95. The minimum atomic E-state index is 0.725. The Morgan fingerprint density at radius 3 is 2.29 bits per heavy atom. The highest BCUT2D eigenvalue weighted by molar-refractivity contribution is 6.30. The number of benzene rings is 1. The number of halogens is 1. The summed E-state index contributed by atoms with van der Waals surface area (Å²) in [5.74, 6) is 1.65. The average molecular weight is 208 g/mol. The van der Waals surface area contributed by atoms with Gasteiger partial charge in [-0.1, -0.05) is 11.6 Å². The van der Waals surface area contributed by atoms with Crippen molar-refractivity contribution in [2.45, 2.75) is 13.8 Å². The fourth-order valence-electron chi connectivity index (χ4n) is 1.35. The predicted molar refractivity (Wildman–Crippen MR) is 55.8 cm³/mol. The number of aromatic nitrogens is 3. The van der Waals surface area contributed by atoms with Crippen LogP contribution in [0.3, 0.4) is 0 Å². The van der Waals surface area contributed by atoms with Crippen LogP contribution >= 0.6 is 11.6 Å². The van der Waals surface area contributed by atoms with E-state index < -0.39 is 0 Å². The van der Waals surface area contributed by atoms with Gasteiger partial charge in [-0.2, -0.15) is 5.10 Å². The van der Waals surface area contributed by atoms with E-state index in [-0.39, 0.29) is 0 Å². The first-order valence-corrected chi connectivity index (χ1v) is 4.71. The van der Waals surface area contributed by atoms with Crippen LogP contribution in [0, 0.1) is 13.8 Å². The molecule has 72 valence electrons. The third kappa shape index (κ3) is 1.63. The molecule has 3 nitrogen and oxygen atoms in total. The molecule has 0 saturated carbocycles. The molecular formula is C10H10ClN3. The van der Waals surface area contributed by atoms with Crippen molar-refractivity contribution in [3.05, 3.63) is 40.9 Å². The lowest BCUT2D eigenvalue weighted by Crippen LogP contribution is -1.98. The standard InChI is InChI=1S/C10H10ClN3/c1-7-12-8(2)14(13-7)10-5-3-9(11)4-6-10/h3-6H,1-2H3. The van der Waals surface area contributed by atoms with E-state index in [4.69, 9.17) is 11.6 Å². The molecule has 0 amide bonds. The van der Waals surface area contributed by atoms with E-state index >= 15 is 0 Å². The zero-order valence-electron chi connectivity index (χ0n) is 8.03. The highest BCUT2D eigenvalue weighted by atomic mass is 35.5. The van der Waals surface area contributed by atoms with Gasteiger partial charge in [0, 0.05) is 5.02 Å². The molecular weight excluding hydrogens is 198 g/mol. The summed E-state index contributed by atoms with van der Waals surface area (Å²) in [7, 11) is 0. The molecule has 0 spiro atoms. The van der Waals surface area contributed by atoms with Crippen LogP contribution in [0.2, 0.25) is 5.02 Å². The number of aryl methyl sites for hydroxylation is 2. The topological polar surface area (TPSA) is 30.7 Å². The van der Waals surface area contributed by atoms with Gasteiger partial charge in [0.2, 0.25) is 0 Å². The summed E-state index contributed by atoms with van der Waals surface area (Å²) in [6.07, 6.45) is 0. The van der Waals surface area contributed by atoms with Crippen molar-refractivity contribution in [1.29, 1.82) is 0 Å². The fraction of sp³-hybridized carbons (Fsp3) is 0.200. The van der Waals surface area contributed by atoms with Crippen molar-refractivity contribution in [3.63, 3.8) is 0 Å². The Morgan fingerprint density at radius 2 is 1.79 bits per heavy atom. The van der Waals surface area contributed by atoms with Crippen LogP contribution < -0.4 is 0 Å². The van der Waals surface area contributed by atoms with Gasteiger partial charge < -0.3 is 0 Å². The van der Waals surface area contributed by atoms with Crippen LogP contribution in [-0.2, 0) is 0 Å². The first-order chi connectivity index (χ1) is 6.66. The van der Waals surface area contributed by atoms with E-state index in [1.807, 2.05) is 38.1 Å². The molecule has 0 N–H and O–H groups in total. The highest BCUT2D eigenvalue weighted by Gasteiger charge is 2.03. The summed E-state index contributed by atoms with van der Waals surface area (Å²) in [6, 6.07) is 7.52. The van der Waals surface area contributed by atoms with Gasteiger partial charge in [0.05, 0.1) is 5.69 Å². The molecule has 0 bridgehead atoms. The predicted octanol–water partition coefficient (Wildman–Crippen LogP) is 2.54. The van der Waals surface area contributed by atoms with Gasteiger partial charge in [0.25, 0.3) is 0 Å². The van der Waals surface area contributed by atoms with Gasteiger partial charge in [-0.3, -0.25) is 0 Å². The zero-order chi connectivity index (χ0) is 10.1. The van der Waals surface area contributed by atoms with Crippen LogP contribution in [0.5, 0.6) is 0 Å². The Balaban J connectivity index is 2.49. The minimum absolute atomic E-state index is 0.725. The summed E-state index contributed by atoms with van der Waals surface area (Å²) in [6.45, 7) is 3.80. The Hall–Kier alpha value is -1.35. The van der Waals surface area contributed by atoms with E-state index in [0.29, 0.717) is 0 Å². The number of hydrogen-bond acceptors (Lipinski definition) is 2. The molecule has 0 aliphatic carbocycles. The molecule has 0 unspecified atom stereocenters. The maximum Gasteiger partial charge on any atom is 0.148 e. The third-order valence-corrected chi connectivity index (χ3v) is 2.20. The SMILES string of the molecule is Cc1nc(C)n(-c2ccc(Cl)cc2)n1. The van der Waals surface area contributed by atoms with E-state index in [0.717, 1.165) is 22.4 Å². The summed E-state index contributed by atoms with van der Waals surface area (Å²) < 4.78 is 1.80. The van der Waals surface area contributed by atoms with E-state index in [2.05, 4.69) is 10.1 Å². The summed E-state index contributed by atoms with van der Waals surface area (Å²) in [5, 5.41) is 5.00. The van der Waals surface area contributed by atoms with Gasteiger partial charge in [-0.05, 0) is 38.1 Å². The van der Waals surface area contributed by atoms with Crippen molar-refractivity contribution in [2.24, 2.45) is 0 Å². The monoisotopic (exact) mass is 207 g/mol. The van der Waals surface area contributed by atoms with Crippen molar-refractivity contribution < 1.29 is 0 Å². The lowest BCUT2D eigenvalue weighted by Gasteiger charge is -2.01. The van der Waals surface area contributed by atoms with E-state index in [1.165, 1.54) is 0 Å². The van der Waals surface area contributed by atoms with Crippen LogP contribution in [0.25, 0.3) is 5.69 Å². The summed E-state index contributed by atoms with van der Waals surface area (Å²) in [4.78, 5) is 4.23. The average Bonchev–Trinajstić information content (AvgIpc) is 2.47. The maximum absolute atomic E-state index is 5.80. The molecule has 2 aromatic rings. The van der Waals surface area contributed by atoms with Crippen LogP contribution in [-0.4, -0.2) is 14.8 Å². The molecule has 0 aliphatic heterocycles. The van der Waals surface area contributed by atoms with Crippen molar-refractivity contribution >= 4 is 11.6 Å². The Kier molecular flexibility index (Phi) is 2.25. The molecule has 1 aromatic carbocycles. The molecule has 0 aliphatic rings. The van der Waals surface area contributed by atoms with E-state index in [1.54, 1.807) is 4.68 Å². The summed E-state index contributed by atoms with van der Waals surface area (Å²) in [5.41, 5.74) is 0.979. The second-order valence-corrected chi connectivity index (χ2v) is 3.53. The lowest BCUT2D eigenvalue weighted by atomic mass is 10.3. The first kappa shape index (κ1) is 9.21. The van der Waals surface area contributed by atoms with E-state index in [9.17, 15) is 0 Å². The molecule has 0 saturated heterocycles. The second kappa shape index (κ2) is 3.42. The quantitative estimate of drug-likeness (QED) is 0.720. The van der Waals surface area contributed by atoms with Crippen LogP contribution in [0.15, 0.2) is 24.3 Å². The zero-order valence-corrected chi connectivity index (χ0v) is 8.78. The van der Waals surface area contributed by atoms with Gasteiger partial charge in [0.1, 0.15) is 11.6 Å². The Bertz CT molecular complexity index is 445. The second-order valence-electron chi connectivity index (χ2n) is 3.09. The lowest BCUT2D eigenvalue weighted by molar-refractivity contribution is 0.831. The molecule has 2 rings (SSSR count). The highest BCUT2D eigenvalue weighted by Crippen LogP contribution is 2.13. The van der Waals surface area contributed by atoms with Crippen molar-refractivity contribution in [3.8, 4) is 5.69 Å². The number of rotatable bonds is 1. The summed E-state index contributed by atoms with van der Waals surface area (Å²) >= 11 is 5.80. The van der Waals surface area contributed by atoms with Crippen molar-refractivity contribution in [2.75, 3.05) is 0 Å². The van der Waals surface area contributed by atoms with Crippen LogP contribution in [0.4, 0.5) is 0 Å². The molecule has 1 heterocycles. The molecule has 0 fully saturated rings. The minimum Gasteiger partial charge on any atom is -0.218 e. The smallest absolute Gasteiger partial charge is 0.148 e. The normalized spacial score (nSPS) is 10.5. The first-order valence-electron chi connectivity index (χ1n) is 4.33. The molecule has 14 heavy (non-hydrogen) atoms. The maximum atomic E-state index is 5.80. The molecule has 0 radical (unpaired) electrons. The largest absolute Gasteiger partial charge is 0.218 e.